The molecule has 1 spiro atoms. The van der Waals surface area contributed by atoms with Gasteiger partial charge < -0.3 is 23.8 Å². The van der Waals surface area contributed by atoms with Gasteiger partial charge in [-0.05, 0) is 41.5 Å². The molecule has 8 nitrogen and oxygen atoms in total. The highest BCUT2D eigenvalue weighted by Crippen LogP contribution is 2.52. The van der Waals surface area contributed by atoms with E-state index in [9.17, 15) is 14.4 Å². The zero-order chi connectivity index (χ0) is 24.6. The first-order valence-electron chi connectivity index (χ1n) is 11.3. The van der Waals surface area contributed by atoms with Crippen LogP contribution in [0.3, 0.4) is 0 Å². The lowest BCUT2D eigenvalue weighted by Crippen LogP contribution is -2.39. The van der Waals surface area contributed by atoms with Crippen LogP contribution in [-0.4, -0.2) is 55.2 Å². The number of likely N-dealkylation sites (tertiary alicyclic amines) is 1. The van der Waals surface area contributed by atoms with Crippen molar-refractivity contribution in [2.24, 2.45) is 11.8 Å². The van der Waals surface area contributed by atoms with E-state index in [1.165, 1.54) is 13.2 Å². The monoisotopic (exact) mass is 475 g/mol. The molecule has 5 rings (SSSR count). The van der Waals surface area contributed by atoms with E-state index in [1.54, 1.807) is 36.3 Å². The van der Waals surface area contributed by atoms with Crippen molar-refractivity contribution in [3.05, 3.63) is 77.9 Å². The molecule has 0 unspecified atom stereocenters. The number of amides is 1. The molecule has 2 bridgehead atoms. The van der Waals surface area contributed by atoms with E-state index in [0.29, 0.717) is 18.8 Å². The van der Waals surface area contributed by atoms with Crippen molar-refractivity contribution in [3.63, 3.8) is 0 Å². The van der Waals surface area contributed by atoms with Crippen molar-refractivity contribution in [2.75, 3.05) is 20.8 Å². The minimum absolute atomic E-state index is 0.142. The molecule has 0 saturated carbocycles. The summed E-state index contributed by atoms with van der Waals surface area (Å²) in [6.07, 6.45) is 6.33. The van der Waals surface area contributed by atoms with Crippen LogP contribution in [0.2, 0.25) is 0 Å². The largest absolute Gasteiger partial charge is 0.497 e. The van der Waals surface area contributed by atoms with Gasteiger partial charge in [0.05, 0.1) is 32.8 Å². The predicted octanol–water partition coefficient (Wildman–Crippen LogP) is 2.77. The second kappa shape index (κ2) is 9.03. The summed E-state index contributed by atoms with van der Waals surface area (Å²) in [5.74, 6) is -1.20. The molecule has 2 aromatic carbocycles. The number of hydrogen-bond donors (Lipinski definition) is 0. The molecule has 8 heteroatoms. The fourth-order valence-corrected chi connectivity index (χ4v) is 5.07. The summed E-state index contributed by atoms with van der Waals surface area (Å²) in [4.78, 5) is 39.5. The predicted molar refractivity (Wildman–Crippen MR) is 125 cm³/mol. The molecule has 0 aliphatic carbocycles. The van der Waals surface area contributed by atoms with Crippen LogP contribution in [0.1, 0.15) is 11.1 Å². The number of rotatable bonds is 7. The minimum atomic E-state index is -0.795. The summed E-state index contributed by atoms with van der Waals surface area (Å²) < 4.78 is 21.5. The Labute approximate surface area is 202 Å². The van der Waals surface area contributed by atoms with Gasteiger partial charge in [0.1, 0.15) is 23.0 Å². The molecule has 1 amide bonds. The number of esters is 2. The van der Waals surface area contributed by atoms with Crippen molar-refractivity contribution in [1.82, 2.24) is 4.90 Å². The molecule has 35 heavy (non-hydrogen) atoms. The zero-order valence-corrected chi connectivity index (χ0v) is 19.4. The van der Waals surface area contributed by atoms with Gasteiger partial charge in [0.2, 0.25) is 5.91 Å². The standard InChI is InChI=1S/C27H25NO7/c1-32-19-9-6-17(7-10-19)8-11-22(29)34-20-5-3-4-18(14-20)15-28-16-27-13-12-21(35-27)23(26(31)33-2)24(27)25(28)30/h3-14,21,23-24H,15-16H2,1-2H3/b11-8+/t21-,23+,24+,27+/m1/s1. The second-order valence-corrected chi connectivity index (χ2v) is 8.79. The van der Waals surface area contributed by atoms with Crippen LogP contribution in [0, 0.1) is 11.8 Å². The Hall–Kier alpha value is -3.91. The summed E-state index contributed by atoms with van der Waals surface area (Å²) in [7, 11) is 2.91. The summed E-state index contributed by atoms with van der Waals surface area (Å²) >= 11 is 0. The third kappa shape index (κ3) is 4.21. The quantitative estimate of drug-likeness (QED) is 0.263. The van der Waals surface area contributed by atoms with Crippen LogP contribution >= 0.6 is 0 Å². The molecular formula is C27H25NO7. The number of fused-ring (bicyclic) bond motifs is 1. The highest BCUT2D eigenvalue weighted by molar-refractivity contribution is 5.91. The lowest BCUT2D eigenvalue weighted by Gasteiger charge is -2.22. The minimum Gasteiger partial charge on any atom is -0.497 e. The molecule has 2 saturated heterocycles. The Morgan fingerprint density at radius 1 is 1.14 bits per heavy atom. The first-order valence-corrected chi connectivity index (χ1v) is 11.3. The second-order valence-electron chi connectivity index (χ2n) is 8.79. The lowest BCUT2D eigenvalue weighted by atomic mass is 9.77. The average Bonchev–Trinajstić information content (AvgIpc) is 3.51. The number of carbonyl (C=O) groups excluding carboxylic acids is 3. The molecule has 0 radical (unpaired) electrons. The summed E-state index contributed by atoms with van der Waals surface area (Å²) in [6, 6.07) is 14.3. The van der Waals surface area contributed by atoms with Crippen molar-refractivity contribution >= 4 is 23.9 Å². The summed E-state index contributed by atoms with van der Waals surface area (Å²) in [6.45, 7) is 0.658. The number of benzene rings is 2. The number of nitrogens with zero attached hydrogens (tertiary/aromatic N) is 1. The normalized spacial score (nSPS) is 26.3. The highest BCUT2D eigenvalue weighted by atomic mass is 16.5. The van der Waals surface area contributed by atoms with Crippen molar-refractivity contribution < 1.29 is 33.3 Å². The van der Waals surface area contributed by atoms with Gasteiger partial charge in [-0.25, -0.2) is 4.79 Å². The van der Waals surface area contributed by atoms with Gasteiger partial charge in [-0.15, -0.1) is 0 Å². The van der Waals surface area contributed by atoms with Crippen LogP contribution in [0.4, 0.5) is 0 Å². The van der Waals surface area contributed by atoms with Crippen molar-refractivity contribution in [2.45, 2.75) is 18.2 Å². The maximum Gasteiger partial charge on any atom is 0.336 e. The molecule has 2 aromatic rings. The highest BCUT2D eigenvalue weighted by Gasteiger charge is 2.67. The smallest absolute Gasteiger partial charge is 0.336 e. The molecule has 3 aliphatic heterocycles. The van der Waals surface area contributed by atoms with Crippen LogP contribution in [0.5, 0.6) is 11.5 Å². The molecule has 0 N–H and O–H groups in total. The Balaban J connectivity index is 1.24. The molecular weight excluding hydrogens is 450 g/mol. The molecule has 3 aliphatic rings. The van der Waals surface area contributed by atoms with Crippen LogP contribution < -0.4 is 9.47 Å². The number of carbonyl (C=O) groups is 3. The Morgan fingerprint density at radius 3 is 2.69 bits per heavy atom. The first kappa shape index (κ1) is 22.9. The summed E-state index contributed by atoms with van der Waals surface area (Å²) in [5.41, 5.74) is 0.841. The summed E-state index contributed by atoms with van der Waals surface area (Å²) in [5, 5.41) is 0. The SMILES string of the molecule is COC(=O)[C@@H]1[C@H]2C(=O)N(Cc3cccc(OC(=O)/C=C/c4ccc(OC)cc4)c3)C[C@@]23C=C[C@H]1O3. The van der Waals surface area contributed by atoms with E-state index in [-0.39, 0.29) is 5.91 Å². The first-order chi connectivity index (χ1) is 16.9. The fourth-order valence-electron chi connectivity index (χ4n) is 5.07. The maximum atomic E-state index is 13.2. The van der Waals surface area contributed by atoms with E-state index < -0.39 is 35.5 Å². The Morgan fingerprint density at radius 2 is 1.94 bits per heavy atom. The number of ether oxygens (including phenoxy) is 4. The topological polar surface area (TPSA) is 91.4 Å². The van der Waals surface area contributed by atoms with Gasteiger partial charge in [-0.2, -0.15) is 0 Å². The van der Waals surface area contributed by atoms with Crippen molar-refractivity contribution in [3.8, 4) is 11.5 Å². The van der Waals surface area contributed by atoms with E-state index in [1.807, 2.05) is 42.5 Å². The molecule has 3 heterocycles. The van der Waals surface area contributed by atoms with Crippen molar-refractivity contribution in [1.29, 1.82) is 0 Å². The Bertz CT molecular complexity index is 1220. The fraction of sp³-hybridized carbons (Fsp3) is 0.296. The van der Waals surface area contributed by atoms with Crippen LogP contribution in [-0.2, 0) is 30.4 Å². The Kier molecular flexibility index (Phi) is 5.90. The molecule has 0 aromatic heterocycles. The van der Waals surface area contributed by atoms with E-state index in [2.05, 4.69) is 0 Å². The lowest BCUT2D eigenvalue weighted by molar-refractivity contribution is -0.151. The van der Waals surface area contributed by atoms with Gasteiger partial charge in [-0.3, -0.25) is 9.59 Å². The third-order valence-electron chi connectivity index (χ3n) is 6.67. The molecule has 180 valence electrons. The number of methoxy groups -OCH3 is 2. The van der Waals surface area contributed by atoms with E-state index in [4.69, 9.17) is 18.9 Å². The third-order valence-corrected chi connectivity index (χ3v) is 6.67. The maximum absolute atomic E-state index is 13.2. The average molecular weight is 475 g/mol. The zero-order valence-electron chi connectivity index (χ0n) is 19.4. The van der Waals surface area contributed by atoms with Crippen LogP contribution in [0.15, 0.2) is 66.8 Å². The number of hydrogen-bond acceptors (Lipinski definition) is 7. The molecule has 2 fully saturated rings. The van der Waals surface area contributed by atoms with Gasteiger partial charge in [-0.1, -0.05) is 36.4 Å². The van der Waals surface area contributed by atoms with Gasteiger partial charge in [0.25, 0.3) is 0 Å². The van der Waals surface area contributed by atoms with E-state index >= 15 is 0 Å². The van der Waals surface area contributed by atoms with E-state index in [0.717, 1.165) is 16.9 Å². The molecule has 4 atom stereocenters. The van der Waals surface area contributed by atoms with Crippen LogP contribution in [0.25, 0.3) is 6.08 Å². The van der Waals surface area contributed by atoms with Gasteiger partial charge in [0, 0.05) is 12.6 Å². The van der Waals surface area contributed by atoms with Gasteiger partial charge >= 0.3 is 11.9 Å². The van der Waals surface area contributed by atoms with Gasteiger partial charge in [0.15, 0.2) is 0 Å².